The Morgan fingerprint density at radius 3 is 1.57 bits per heavy atom. The van der Waals surface area contributed by atoms with Crippen LogP contribution in [0, 0.1) is 0 Å². The summed E-state index contributed by atoms with van der Waals surface area (Å²) in [6.07, 6.45) is 3.56. The lowest BCUT2D eigenvalue weighted by Gasteiger charge is -2.09. The van der Waals surface area contributed by atoms with Crippen molar-refractivity contribution >= 4 is 43.7 Å². The second-order valence-electron chi connectivity index (χ2n) is 12.5. The van der Waals surface area contributed by atoms with Gasteiger partial charge in [-0.15, -0.1) is 0 Å². The minimum atomic E-state index is 0.522. The third-order valence-electron chi connectivity index (χ3n) is 9.21. The molecule has 0 unspecified atom stereocenters. The third-order valence-corrected chi connectivity index (χ3v) is 9.21. The Kier molecular flexibility index (Phi) is 6.67. The lowest BCUT2D eigenvalue weighted by atomic mass is 10.0. The van der Waals surface area contributed by atoms with Crippen molar-refractivity contribution in [1.29, 1.82) is 0 Å². The first-order valence-electron chi connectivity index (χ1n) is 16.7. The largest absolute Gasteiger partial charge is 0.434 e. The van der Waals surface area contributed by atoms with Crippen LogP contribution in [0.15, 0.2) is 162 Å². The van der Waals surface area contributed by atoms with Crippen LogP contribution < -0.4 is 0 Å². The molecule has 0 saturated heterocycles. The molecule has 7 heteroatoms. The fourth-order valence-corrected chi connectivity index (χ4v) is 6.57. The van der Waals surface area contributed by atoms with E-state index >= 15 is 0 Å². The molecule has 4 heterocycles. The van der Waals surface area contributed by atoms with Crippen LogP contribution in [0.4, 0.5) is 0 Å². The van der Waals surface area contributed by atoms with E-state index in [2.05, 4.69) is 82.8 Å². The van der Waals surface area contributed by atoms with Crippen molar-refractivity contribution in [3.05, 3.63) is 158 Å². The van der Waals surface area contributed by atoms with Gasteiger partial charge in [0.1, 0.15) is 5.52 Å². The normalized spacial score (nSPS) is 11.5. The molecule has 0 amide bonds. The van der Waals surface area contributed by atoms with E-state index in [-0.39, 0.29) is 0 Å². The van der Waals surface area contributed by atoms with Crippen LogP contribution in [0.5, 0.6) is 0 Å². The van der Waals surface area contributed by atoms with Crippen molar-refractivity contribution in [1.82, 2.24) is 29.9 Å². The molecule has 0 N–H and O–H groups in total. The highest BCUT2D eigenvalue weighted by atomic mass is 16.3. The van der Waals surface area contributed by atoms with Crippen molar-refractivity contribution in [2.24, 2.45) is 0 Å². The molecule has 0 atom stereocenters. The molecule has 4 aromatic heterocycles. The number of nitrogens with zero attached hydrogens (tertiary/aromatic N) is 6. The van der Waals surface area contributed by atoms with Gasteiger partial charge in [0.15, 0.2) is 28.9 Å². The minimum absolute atomic E-state index is 0.522. The van der Waals surface area contributed by atoms with Gasteiger partial charge >= 0.3 is 0 Å². The molecule has 0 fully saturated rings. The van der Waals surface area contributed by atoms with E-state index < -0.39 is 0 Å². The van der Waals surface area contributed by atoms with Crippen LogP contribution in [0.25, 0.3) is 100 Å². The second-order valence-corrected chi connectivity index (χ2v) is 12.5. The first kappa shape index (κ1) is 28.9. The predicted octanol–water partition coefficient (Wildman–Crippen LogP) is 10.6. The Bertz CT molecular complexity index is 2850. The standard InChI is InChI=1S/C44H26N6O/c1-3-9-28(10-4-1)41-48-42(29-11-5-2-6-12-29)50-43(49-41)30-17-15-27(16-18-30)36-24-37-39-38(51-44(37)46-25-36)26-45-40(47-39)34-20-19-33-21-31-13-7-8-14-32(31)22-35(33)23-34/h1-26H. The van der Waals surface area contributed by atoms with Crippen LogP contribution in [0.3, 0.4) is 0 Å². The first-order valence-corrected chi connectivity index (χ1v) is 16.7. The molecule has 0 bridgehead atoms. The predicted molar refractivity (Wildman–Crippen MR) is 203 cm³/mol. The SMILES string of the molecule is c1ccc(-c2nc(-c3ccccc3)nc(-c3ccc(-c4cnc5oc6cnc(-c7ccc8cc9ccccc9cc8c7)nc6c5c4)cc3)n2)cc1. The van der Waals surface area contributed by atoms with Crippen molar-refractivity contribution < 1.29 is 4.42 Å². The van der Waals surface area contributed by atoms with E-state index in [9.17, 15) is 0 Å². The zero-order chi connectivity index (χ0) is 33.7. The van der Waals surface area contributed by atoms with E-state index in [1.807, 2.05) is 79.0 Å². The Balaban J connectivity index is 1.01. The summed E-state index contributed by atoms with van der Waals surface area (Å²) >= 11 is 0. The molecular formula is C44H26N6O. The fraction of sp³-hybridized carbons (Fsp3) is 0. The second kappa shape index (κ2) is 11.8. The molecule has 7 nitrogen and oxygen atoms in total. The maximum absolute atomic E-state index is 6.07. The Morgan fingerprint density at radius 1 is 0.353 bits per heavy atom. The van der Waals surface area contributed by atoms with E-state index in [1.54, 1.807) is 6.20 Å². The lowest BCUT2D eigenvalue weighted by molar-refractivity contribution is 0.651. The molecule has 0 saturated carbocycles. The average Bonchev–Trinajstić information content (AvgIpc) is 3.58. The van der Waals surface area contributed by atoms with Crippen LogP contribution in [0.1, 0.15) is 0 Å². The van der Waals surface area contributed by atoms with Gasteiger partial charge in [-0.1, -0.05) is 121 Å². The van der Waals surface area contributed by atoms with Crippen LogP contribution in [0.2, 0.25) is 0 Å². The van der Waals surface area contributed by atoms with Gasteiger partial charge in [0.05, 0.1) is 11.6 Å². The first-order chi connectivity index (χ1) is 25.2. The van der Waals surface area contributed by atoms with Crippen molar-refractivity contribution in [2.45, 2.75) is 0 Å². The number of rotatable bonds is 5. The molecule has 6 aromatic carbocycles. The minimum Gasteiger partial charge on any atom is -0.434 e. The van der Waals surface area contributed by atoms with E-state index in [0.717, 1.165) is 49.7 Å². The molecule has 0 aliphatic rings. The number of aromatic nitrogens is 6. The number of pyridine rings is 1. The molecule has 0 aliphatic heterocycles. The highest BCUT2D eigenvalue weighted by Gasteiger charge is 2.16. The summed E-state index contributed by atoms with van der Waals surface area (Å²) in [5, 5.41) is 5.57. The molecule has 10 aromatic rings. The van der Waals surface area contributed by atoms with Crippen molar-refractivity contribution in [3.63, 3.8) is 0 Å². The number of benzene rings is 6. The van der Waals surface area contributed by atoms with E-state index in [4.69, 9.17) is 24.4 Å². The number of furan rings is 1. The molecule has 51 heavy (non-hydrogen) atoms. The van der Waals surface area contributed by atoms with E-state index in [0.29, 0.717) is 34.6 Å². The van der Waals surface area contributed by atoms with Gasteiger partial charge in [-0.2, -0.15) is 0 Å². The number of fused-ring (bicyclic) bond motifs is 5. The fourth-order valence-electron chi connectivity index (χ4n) is 6.57. The van der Waals surface area contributed by atoms with Gasteiger partial charge < -0.3 is 4.42 Å². The van der Waals surface area contributed by atoms with Gasteiger partial charge in [0, 0.05) is 34.0 Å². The summed E-state index contributed by atoms with van der Waals surface area (Å²) in [7, 11) is 0. The summed E-state index contributed by atoms with van der Waals surface area (Å²) in [6, 6.07) is 49.4. The van der Waals surface area contributed by atoms with Crippen molar-refractivity contribution in [2.75, 3.05) is 0 Å². The maximum Gasteiger partial charge on any atom is 0.229 e. The summed E-state index contributed by atoms with van der Waals surface area (Å²) in [5.74, 6) is 2.50. The maximum atomic E-state index is 6.07. The summed E-state index contributed by atoms with van der Waals surface area (Å²) in [6.45, 7) is 0. The zero-order valence-electron chi connectivity index (χ0n) is 27.1. The van der Waals surface area contributed by atoms with Gasteiger partial charge in [0.2, 0.25) is 5.71 Å². The highest BCUT2D eigenvalue weighted by Crippen LogP contribution is 2.33. The molecular weight excluding hydrogens is 629 g/mol. The quantitative estimate of drug-likeness (QED) is 0.171. The monoisotopic (exact) mass is 654 g/mol. The van der Waals surface area contributed by atoms with Crippen LogP contribution >= 0.6 is 0 Å². The molecule has 0 radical (unpaired) electrons. The molecule has 0 aliphatic carbocycles. The van der Waals surface area contributed by atoms with Gasteiger partial charge in [-0.05, 0) is 51.4 Å². The Labute approximate surface area is 292 Å². The number of hydrogen-bond acceptors (Lipinski definition) is 7. The molecule has 238 valence electrons. The van der Waals surface area contributed by atoms with Crippen molar-refractivity contribution in [3.8, 4) is 56.7 Å². The average molecular weight is 655 g/mol. The van der Waals surface area contributed by atoms with Gasteiger partial charge in [-0.3, -0.25) is 0 Å². The summed E-state index contributed by atoms with van der Waals surface area (Å²) in [4.78, 5) is 28.9. The highest BCUT2D eigenvalue weighted by molar-refractivity contribution is 6.03. The van der Waals surface area contributed by atoms with Crippen LogP contribution in [-0.4, -0.2) is 29.9 Å². The molecule has 10 rings (SSSR count). The van der Waals surface area contributed by atoms with Crippen LogP contribution in [-0.2, 0) is 0 Å². The third kappa shape index (κ3) is 5.25. The van der Waals surface area contributed by atoms with E-state index in [1.165, 1.54) is 16.2 Å². The zero-order valence-corrected chi connectivity index (χ0v) is 27.1. The van der Waals surface area contributed by atoms with Gasteiger partial charge in [-0.25, -0.2) is 29.9 Å². The Morgan fingerprint density at radius 2 is 0.902 bits per heavy atom. The topological polar surface area (TPSA) is 90.5 Å². The number of hydrogen-bond donors (Lipinski definition) is 0. The summed E-state index contributed by atoms with van der Waals surface area (Å²) < 4.78 is 6.07. The molecule has 0 spiro atoms. The van der Waals surface area contributed by atoms with Gasteiger partial charge in [0.25, 0.3) is 0 Å². The lowest BCUT2D eigenvalue weighted by Crippen LogP contribution is -2.00. The summed E-state index contributed by atoms with van der Waals surface area (Å²) in [5.41, 5.74) is 7.49. The smallest absolute Gasteiger partial charge is 0.229 e. The Hall–Kier alpha value is -7.12.